The molecule has 2 rings (SSSR count). The lowest BCUT2D eigenvalue weighted by molar-refractivity contribution is -0.149. The Morgan fingerprint density at radius 1 is 1.30 bits per heavy atom. The van der Waals surface area contributed by atoms with Crippen LogP contribution in [0.4, 0.5) is 0 Å². The first kappa shape index (κ1) is 15.2. The third-order valence-corrected chi connectivity index (χ3v) is 4.29. The molecule has 1 atom stereocenters. The van der Waals surface area contributed by atoms with Gasteiger partial charge in [0.05, 0.1) is 18.1 Å². The van der Waals surface area contributed by atoms with Crippen LogP contribution >= 0.6 is 11.6 Å². The van der Waals surface area contributed by atoms with Crippen molar-refractivity contribution in [1.29, 1.82) is 0 Å². The van der Waals surface area contributed by atoms with Gasteiger partial charge in [0.25, 0.3) is 0 Å². The predicted octanol–water partition coefficient (Wildman–Crippen LogP) is 4.09. The fourth-order valence-corrected chi connectivity index (χ4v) is 3.02. The predicted molar refractivity (Wildman–Crippen MR) is 79.0 cm³/mol. The minimum Gasteiger partial charge on any atom is -0.491 e. The summed E-state index contributed by atoms with van der Waals surface area (Å²) in [6, 6.07) is 7.32. The molecule has 1 aliphatic rings. The van der Waals surface area contributed by atoms with E-state index in [1.807, 2.05) is 18.2 Å². The molecule has 1 aliphatic carbocycles. The van der Waals surface area contributed by atoms with Crippen LogP contribution in [0.5, 0.6) is 5.75 Å². The van der Waals surface area contributed by atoms with E-state index in [1.165, 1.54) is 26.4 Å². The first-order valence-corrected chi connectivity index (χ1v) is 7.55. The molecule has 0 heterocycles. The van der Waals surface area contributed by atoms with Crippen LogP contribution in [0.25, 0.3) is 0 Å². The summed E-state index contributed by atoms with van der Waals surface area (Å²) in [6.45, 7) is 0.334. The summed E-state index contributed by atoms with van der Waals surface area (Å²) < 4.78 is 10.7. The van der Waals surface area contributed by atoms with Crippen LogP contribution in [0, 0.1) is 11.8 Å². The molecule has 1 saturated carbocycles. The lowest BCUT2D eigenvalue weighted by atomic mass is 9.80. The van der Waals surface area contributed by atoms with Crippen LogP contribution in [0.2, 0.25) is 5.02 Å². The standard InChI is InChI=1S/C16H21ClO3/c1-19-16(18)13(12-7-3-2-4-8-12)11-20-15-10-6-5-9-14(15)17/h5-6,9-10,12-13H,2-4,7-8,11H2,1H3. The van der Waals surface area contributed by atoms with Crippen LogP contribution in [0.1, 0.15) is 32.1 Å². The zero-order valence-electron chi connectivity index (χ0n) is 11.8. The third kappa shape index (κ3) is 3.89. The Balaban J connectivity index is 2.00. The third-order valence-electron chi connectivity index (χ3n) is 3.98. The van der Waals surface area contributed by atoms with Gasteiger partial charge in [-0.2, -0.15) is 0 Å². The Morgan fingerprint density at radius 2 is 2.00 bits per heavy atom. The van der Waals surface area contributed by atoms with Gasteiger partial charge in [-0.3, -0.25) is 4.79 Å². The molecule has 0 aliphatic heterocycles. The molecule has 20 heavy (non-hydrogen) atoms. The lowest BCUT2D eigenvalue weighted by Crippen LogP contribution is -2.32. The highest BCUT2D eigenvalue weighted by Crippen LogP contribution is 2.32. The van der Waals surface area contributed by atoms with Crippen LogP contribution < -0.4 is 4.74 Å². The van der Waals surface area contributed by atoms with Crippen molar-refractivity contribution < 1.29 is 14.3 Å². The highest BCUT2D eigenvalue weighted by Gasteiger charge is 2.31. The number of esters is 1. The number of ether oxygens (including phenoxy) is 2. The van der Waals surface area contributed by atoms with Gasteiger partial charge in [-0.25, -0.2) is 0 Å². The topological polar surface area (TPSA) is 35.5 Å². The van der Waals surface area contributed by atoms with E-state index in [2.05, 4.69) is 0 Å². The van der Waals surface area contributed by atoms with E-state index in [0.29, 0.717) is 23.3 Å². The molecule has 4 heteroatoms. The van der Waals surface area contributed by atoms with Crippen LogP contribution in [-0.4, -0.2) is 19.7 Å². The van der Waals surface area contributed by atoms with Gasteiger partial charge in [-0.1, -0.05) is 43.0 Å². The molecule has 0 bridgehead atoms. The van der Waals surface area contributed by atoms with Gasteiger partial charge < -0.3 is 9.47 Å². The maximum absolute atomic E-state index is 12.0. The van der Waals surface area contributed by atoms with Gasteiger partial charge in [0.15, 0.2) is 0 Å². The van der Waals surface area contributed by atoms with Gasteiger partial charge >= 0.3 is 5.97 Å². The fourth-order valence-electron chi connectivity index (χ4n) is 2.83. The smallest absolute Gasteiger partial charge is 0.312 e. The summed E-state index contributed by atoms with van der Waals surface area (Å²) in [4.78, 5) is 12.0. The van der Waals surface area contributed by atoms with Crippen molar-refractivity contribution in [3.63, 3.8) is 0 Å². The van der Waals surface area contributed by atoms with Crippen molar-refractivity contribution in [3.8, 4) is 5.75 Å². The largest absolute Gasteiger partial charge is 0.491 e. The molecular weight excluding hydrogens is 276 g/mol. The quantitative estimate of drug-likeness (QED) is 0.768. The Bertz CT molecular complexity index is 441. The highest BCUT2D eigenvalue weighted by molar-refractivity contribution is 6.32. The number of benzene rings is 1. The van der Waals surface area contributed by atoms with E-state index >= 15 is 0 Å². The number of methoxy groups -OCH3 is 1. The molecule has 0 spiro atoms. The fraction of sp³-hybridized carbons (Fsp3) is 0.562. The van der Waals surface area contributed by atoms with Crippen molar-refractivity contribution >= 4 is 17.6 Å². The molecule has 0 N–H and O–H groups in total. The van der Waals surface area contributed by atoms with E-state index in [4.69, 9.17) is 21.1 Å². The lowest BCUT2D eigenvalue weighted by Gasteiger charge is -2.28. The number of carbonyl (C=O) groups excluding carboxylic acids is 1. The highest BCUT2D eigenvalue weighted by atomic mass is 35.5. The molecule has 0 aromatic heterocycles. The van der Waals surface area contributed by atoms with Gasteiger partial charge in [-0.15, -0.1) is 0 Å². The Labute approximate surface area is 125 Å². The maximum Gasteiger partial charge on any atom is 0.312 e. The zero-order chi connectivity index (χ0) is 14.4. The molecule has 1 unspecified atom stereocenters. The molecule has 0 radical (unpaired) electrons. The number of hydrogen-bond donors (Lipinski definition) is 0. The van der Waals surface area contributed by atoms with Crippen LogP contribution in [0.3, 0.4) is 0 Å². The number of carbonyl (C=O) groups is 1. The SMILES string of the molecule is COC(=O)C(COc1ccccc1Cl)C1CCCCC1. The summed E-state index contributed by atoms with van der Waals surface area (Å²) >= 11 is 6.07. The van der Waals surface area contributed by atoms with Crippen molar-refractivity contribution in [1.82, 2.24) is 0 Å². The number of halogens is 1. The average Bonchev–Trinajstić information content (AvgIpc) is 2.50. The van der Waals surface area contributed by atoms with Gasteiger partial charge in [0.2, 0.25) is 0 Å². The molecule has 110 valence electrons. The molecule has 0 amide bonds. The molecule has 1 fully saturated rings. The summed E-state index contributed by atoms with van der Waals surface area (Å²) in [5, 5.41) is 0.569. The van der Waals surface area contributed by atoms with Gasteiger partial charge in [-0.05, 0) is 30.9 Å². The van der Waals surface area contributed by atoms with Crippen molar-refractivity contribution in [3.05, 3.63) is 29.3 Å². The van der Waals surface area contributed by atoms with Crippen molar-refractivity contribution in [2.24, 2.45) is 11.8 Å². The molecule has 3 nitrogen and oxygen atoms in total. The summed E-state index contributed by atoms with van der Waals surface area (Å²) in [5.41, 5.74) is 0. The Hall–Kier alpha value is -1.22. The minimum absolute atomic E-state index is 0.177. The first-order chi connectivity index (χ1) is 9.72. The molecule has 0 saturated heterocycles. The Kier molecular flexibility index (Phi) is 5.72. The minimum atomic E-state index is -0.198. The van der Waals surface area contributed by atoms with Crippen molar-refractivity contribution in [2.75, 3.05) is 13.7 Å². The van der Waals surface area contributed by atoms with E-state index in [0.717, 1.165) is 12.8 Å². The van der Waals surface area contributed by atoms with E-state index in [1.54, 1.807) is 6.07 Å². The van der Waals surface area contributed by atoms with E-state index in [-0.39, 0.29) is 11.9 Å². The average molecular weight is 297 g/mol. The van der Waals surface area contributed by atoms with Crippen molar-refractivity contribution in [2.45, 2.75) is 32.1 Å². The summed E-state index contributed by atoms with van der Waals surface area (Å²) in [7, 11) is 1.44. The van der Waals surface area contributed by atoms with Crippen LogP contribution in [-0.2, 0) is 9.53 Å². The Morgan fingerprint density at radius 3 is 2.65 bits per heavy atom. The molecule has 1 aromatic carbocycles. The number of hydrogen-bond acceptors (Lipinski definition) is 3. The second-order valence-corrected chi connectivity index (χ2v) is 5.68. The summed E-state index contributed by atoms with van der Waals surface area (Å²) in [5.74, 6) is 0.609. The molecule has 1 aromatic rings. The van der Waals surface area contributed by atoms with Crippen LogP contribution in [0.15, 0.2) is 24.3 Å². The maximum atomic E-state index is 12.0. The number of para-hydroxylation sites is 1. The monoisotopic (exact) mass is 296 g/mol. The molecular formula is C16H21ClO3. The van der Waals surface area contributed by atoms with E-state index in [9.17, 15) is 4.79 Å². The van der Waals surface area contributed by atoms with Gasteiger partial charge in [0.1, 0.15) is 12.4 Å². The normalized spacial score (nSPS) is 17.5. The number of rotatable bonds is 5. The van der Waals surface area contributed by atoms with E-state index < -0.39 is 0 Å². The second-order valence-electron chi connectivity index (χ2n) is 5.27. The zero-order valence-corrected chi connectivity index (χ0v) is 12.6. The summed E-state index contributed by atoms with van der Waals surface area (Å²) in [6.07, 6.45) is 5.78. The van der Waals surface area contributed by atoms with Gasteiger partial charge in [0, 0.05) is 0 Å². The first-order valence-electron chi connectivity index (χ1n) is 7.17. The second kappa shape index (κ2) is 7.53.